The fraction of sp³-hybridized carbons (Fsp3) is 0.619. The van der Waals surface area contributed by atoms with Crippen LogP contribution in [-0.4, -0.2) is 60.2 Å². The van der Waals surface area contributed by atoms with Gasteiger partial charge in [0.05, 0.1) is 11.0 Å². The standard InChI is InChI=1S/C21H34N6/c1-17(16-26-12-6-7-13-26)15-24-21(22-3)23-11-8-14-27-18(2)25-19-9-4-5-10-20(19)27/h4-5,9-10,17H,6-8,11-16H2,1-3H3,(H2,22,23,24). The zero-order valence-corrected chi connectivity index (χ0v) is 17.0. The summed E-state index contributed by atoms with van der Waals surface area (Å²) in [5.74, 6) is 2.60. The Hall–Kier alpha value is -2.08. The first kappa shape index (κ1) is 19.7. The highest BCUT2D eigenvalue weighted by Crippen LogP contribution is 2.15. The molecule has 27 heavy (non-hydrogen) atoms. The van der Waals surface area contributed by atoms with Gasteiger partial charge < -0.3 is 20.1 Å². The van der Waals surface area contributed by atoms with E-state index in [0.717, 1.165) is 43.4 Å². The number of fused-ring (bicyclic) bond motifs is 1. The lowest BCUT2D eigenvalue weighted by atomic mass is 10.1. The van der Waals surface area contributed by atoms with Crippen molar-refractivity contribution >= 4 is 17.0 Å². The minimum Gasteiger partial charge on any atom is -0.356 e. The molecule has 0 bridgehead atoms. The van der Waals surface area contributed by atoms with Crippen LogP contribution in [-0.2, 0) is 6.54 Å². The zero-order valence-electron chi connectivity index (χ0n) is 17.0. The molecular weight excluding hydrogens is 336 g/mol. The number of rotatable bonds is 8. The molecule has 1 aromatic heterocycles. The maximum absolute atomic E-state index is 4.64. The number of nitrogens with one attached hydrogen (secondary N) is 2. The second-order valence-electron chi connectivity index (χ2n) is 7.65. The number of para-hydroxylation sites is 2. The van der Waals surface area contributed by atoms with Crippen molar-refractivity contribution in [3.05, 3.63) is 30.1 Å². The van der Waals surface area contributed by atoms with E-state index in [1.54, 1.807) is 0 Å². The van der Waals surface area contributed by atoms with Crippen molar-refractivity contribution in [1.82, 2.24) is 25.1 Å². The third-order valence-electron chi connectivity index (χ3n) is 5.31. The highest BCUT2D eigenvalue weighted by molar-refractivity contribution is 5.79. The van der Waals surface area contributed by atoms with Crippen molar-refractivity contribution in [2.24, 2.45) is 10.9 Å². The monoisotopic (exact) mass is 370 g/mol. The number of aliphatic imine (C=N–C) groups is 1. The highest BCUT2D eigenvalue weighted by atomic mass is 15.2. The summed E-state index contributed by atoms with van der Waals surface area (Å²) >= 11 is 0. The molecule has 1 fully saturated rings. The molecule has 3 rings (SSSR count). The van der Waals surface area contributed by atoms with Crippen LogP contribution >= 0.6 is 0 Å². The summed E-state index contributed by atoms with van der Waals surface area (Å²) in [6, 6.07) is 8.34. The molecule has 1 aliphatic rings. The Labute approximate surface area is 163 Å². The van der Waals surface area contributed by atoms with Gasteiger partial charge >= 0.3 is 0 Å². The summed E-state index contributed by atoms with van der Waals surface area (Å²) in [6.07, 6.45) is 3.75. The van der Waals surface area contributed by atoms with E-state index in [0.29, 0.717) is 5.92 Å². The van der Waals surface area contributed by atoms with E-state index in [1.165, 1.54) is 38.0 Å². The smallest absolute Gasteiger partial charge is 0.190 e. The van der Waals surface area contributed by atoms with Crippen LogP contribution in [0.25, 0.3) is 11.0 Å². The van der Waals surface area contributed by atoms with Crippen LogP contribution in [0.5, 0.6) is 0 Å². The van der Waals surface area contributed by atoms with Gasteiger partial charge in [-0.2, -0.15) is 0 Å². The fourth-order valence-electron chi connectivity index (χ4n) is 3.88. The second-order valence-corrected chi connectivity index (χ2v) is 7.65. The molecule has 1 unspecified atom stereocenters. The van der Waals surface area contributed by atoms with E-state index in [1.807, 2.05) is 13.1 Å². The molecular formula is C21H34N6. The Balaban J connectivity index is 1.38. The minimum absolute atomic E-state index is 0.626. The van der Waals surface area contributed by atoms with Crippen LogP contribution in [0.2, 0.25) is 0 Å². The van der Waals surface area contributed by atoms with Crippen molar-refractivity contribution in [3.63, 3.8) is 0 Å². The van der Waals surface area contributed by atoms with Crippen LogP contribution in [0, 0.1) is 12.8 Å². The number of likely N-dealkylation sites (tertiary alicyclic amines) is 1. The summed E-state index contributed by atoms with van der Waals surface area (Å²) in [7, 11) is 1.84. The van der Waals surface area contributed by atoms with Gasteiger partial charge in [0.25, 0.3) is 0 Å². The number of hydrogen-bond donors (Lipinski definition) is 2. The third-order valence-corrected chi connectivity index (χ3v) is 5.31. The van der Waals surface area contributed by atoms with Gasteiger partial charge in [-0.25, -0.2) is 4.98 Å². The lowest BCUT2D eigenvalue weighted by Gasteiger charge is -2.21. The normalized spacial score (nSPS) is 16.8. The van der Waals surface area contributed by atoms with Crippen molar-refractivity contribution in [2.45, 2.75) is 39.7 Å². The molecule has 1 atom stereocenters. The van der Waals surface area contributed by atoms with Gasteiger partial charge in [0.1, 0.15) is 5.82 Å². The minimum atomic E-state index is 0.626. The predicted molar refractivity (Wildman–Crippen MR) is 113 cm³/mol. The molecule has 6 heteroatoms. The van der Waals surface area contributed by atoms with E-state index < -0.39 is 0 Å². The first-order chi connectivity index (χ1) is 13.2. The number of aryl methyl sites for hydroxylation is 2. The number of benzene rings is 1. The average Bonchev–Trinajstić information content (AvgIpc) is 3.28. The molecule has 1 saturated heterocycles. The van der Waals surface area contributed by atoms with Crippen molar-refractivity contribution < 1.29 is 0 Å². The Morgan fingerprint density at radius 1 is 1.22 bits per heavy atom. The van der Waals surface area contributed by atoms with Crippen LogP contribution < -0.4 is 10.6 Å². The quantitative estimate of drug-likeness (QED) is 0.426. The summed E-state index contributed by atoms with van der Waals surface area (Å²) in [4.78, 5) is 11.6. The van der Waals surface area contributed by atoms with E-state index in [4.69, 9.17) is 0 Å². The Morgan fingerprint density at radius 3 is 2.78 bits per heavy atom. The lowest BCUT2D eigenvalue weighted by Crippen LogP contribution is -2.41. The largest absolute Gasteiger partial charge is 0.356 e. The first-order valence-corrected chi connectivity index (χ1v) is 10.3. The number of guanidine groups is 1. The maximum Gasteiger partial charge on any atom is 0.190 e. The summed E-state index contributed by atoms with van der Waals surface area (Å²) < 4.78 is 2.30. The molecule has 0 saturated carbocycles. The topological polar surface area (TPSA) is 57.5 Å². The zero-order chi connectivity index (χ0) is 19.1. The molecule has 1 aromatic carbocycles. The Morgan fingerprint density at radius 2 is 2.00 bits per heavy atom. The number of nitrogens with zero attached hydrogens (tertiary/aromatic N) is 4. The molecule has 1 aliphatic heterocycles. The Bertz CT molecular complexity index is 744. The predicted octanol–water partition coefficient (Wildman–Crippen LogP) is 2.63. The van der Waals surface area contributed by atoms with Crippen molar-refractivity contribution in [2.75, 3.05) is 39.8 Å². The van der Waals surface area contributed by atoms with Gasteiger partial charge in [-0.1, -0.05) is 19.1 Å². The SMILES string of the molecule is CN=C(NCCCn1c(C)nc2ccccc21)NCC(C)CN1CCCC1. The molecule has 6 nitrogen and oxygen atoms in total. The fourth-order valence-corrected chi connectivity index (χ4v) is 3.88. The number of hydrogen-bond acceptors (Lipinski definition) is 3. The van der Waals surface area contributed by atoms with Gasteiger partial charge in [-0.05, 0) is 57.3 Å². The van der Waals surface area contributed by atoms with Crippen LogP contribution in [0.1, 0.15) is 32.0 Å². The molecule has 0 spiro atoms. The van der Waals surface area contributed by atoms with Gasteiger partial charge in [0.2, 0.25) is 0 Å². The van der Waals surface area contributed by atoms with E-state index in [-0.39, 0.29) is 0 Å². The van der Waals surface area contributed by atoms with Crippen LogP contribution in [0.3, 0.4) is 0 Å². The molecule has 0 aliphatic carbocycles. The Kier molecular flexibility index (Phi) is 7.10. The summed E-state index contributed by atoms with van der Waals surface area (Å²) in [6.45, 7) is 10.9. The van der Waals surface area contributed by atoms with Gasteiger partial charge in [-0.15, -0.1) is 0 Å². The molecule has 2 aromatic rings. The van der Waals surface area contributed by atoms with Crippen molar-refractivity contribution in [1.29, 1.82) is 0 Å². The van der Waals surface area contributed by atoms with E-state index in [9.17, 15) is 0 Å². The van der Waals surface area contributed by atoms with Gasteiger partial charge in [0, 0.05) is 33.2 Å². The van der Waals surface area contributed by atoms with Gasteiger partial charge in [-0.3, -0.25) is 4.99 Å². The maximum atomic E-state index is 4.64. The molecule has 0 amide bonds. The molecule has 0 radical (unpaired) electrons. The third kappa shape index (κ3) is 5.45. The first-order valence-electron chi connectivity index (χ1n) is 10.3. The van der Waals surface area contributed by atoms with Crippen LogP contribution in [0.15, 0.2) is 29.3 Å². The van der Waals surface area contributed by atoms with Gasteiger partial charge in [0.15, 0.2) is 5.96 Å². The second kappa shape index (κ2) is 9.74. The number of imidazole rings is 1. The number of aromatic nitrogens is 2. The lowest BCUT2D eigenvalue weighted by molar-refractivity contribution is 0.287. The summed E-state index contributed by atoms with van der Waals surface area (Å²) in [5, 5.41) is 6.91. The molecule has 2 N–H and O–H groups in total. The summed E-state index contributed by atoms with van der Waals surface area (Å²) in [5.41, 5.74) is 2.29. The molecule has 2 heterocycles. The highest BCUT2D eigenvalue weighted by Gasteiger charge is 2.14. The van der Waals surface area contributed by atoms with E-state index in [2.05, 4.69) is 62.1 Å². The van der Waals surface area contributed by atoms with Crippen LogP contribution in [0.4, 0.5) is 0 Å². The van der Waals surface area contributed by atoms with Crippen molar-refractivity contribution in [3.8, 4) is 0 Å². The van der Waals surface area contributed by atoms with E-state index >= 15 is 0 Å². The molecule has 148 valence electrons. The average molecular weight is 371 g/mol.